The van der Waals surface area contributed by atoms with Crippen molar-refractivity contribution in [3.63, 3.8) is 0 Å². The zero-order valence-corrected chi connectivity index (χ0v) is 13.8. The summed E-state index contributed by atoms with van der Waals surface area (Å²) < 4.78 is 0. The standard InChI is InChI=1S/C17H32N2O2/c1-11-14(18)9-8-13(17(11,2)3)16(21)19-10-12-6-4-5-7-15(12)20/h11-15,20H,4-10,18H2,1-3H3,(H,19,21). The number of amides is 1. The molecule has 5 unspecified atom stereocenters. The minimum atomic E-state index is -0.245. The van der Waals surface area contributed by atoms with Crippen LogP contribution in [0.25, 0.3) is 0 Å². The van der Waals surface area contributed by atoms with Crippen molar-refractivity contribution >= 4 is 5.91 Å². The van der Waals surface area contributed by atoms with Gasteiger partial charge in [0.1, 0.15) is 0 Å². The highest BCUT2D eigenvalue weighted by molar-refractivity contribution is 5.79. The molecule has 0 spiro atoms. The minimum Gasteiger partial charge on any atom is -0.393 e. The Balaban J connectivity index is 1.90. The molecule has 0 aromatic heterocycles. The molecule has 0 saturated heterocycles. The SMILES string of the molecule is CC1C(N)CCC(C(=O)NCC2CCCCC2O)C1(C)C. The van der Waals surface area contributed by atoms with Gasteiger partial charge in [0, 0.05) is 24.4 Å². The van der Waals surface area contributed by atoms with Crippen molar-refractivity contribution in [1.82, 2.24) is 5.32 Å². The molecule has 2 fully saturated rings. The van der Waals surface area contributed by atoms with E-state index in [0.29, 0.717) is 12.5 Å². The first kappa shape index (κ1) is 16.8. The first-order valence-corrected chi connectivity index (χ1v) is 8.55. The van der Waals surface area contributed by atoms with Gasteiger partial charge in [0.05, 0.1) is 6.10 Å². The molecule has 0 radical (unpaired) electrons. The van der Waals surface area contributed by atoms with Gasteiger partial charge in [0.2, 0.25) is 5.91 Å². The van der Waals surface area contributed by atoms with Gasteiger partial charge < -0.3 is 16.2 Å². The number of nitrogens with two attached hydrogens (primary N) is 1. The first-order valence-electron chi connectivity index (χ1n) is 8.55. The van der Waals surface area contributed by atoms with Gasteiger partial charge in [-0.2, -0.15) is 0 Å². The van der Waals surface area contributed by atoms with E-state index in [1.807, 2.05) is 0 Å². The van der Waals surface area contributed by atoms with Crippen molar-refractivity contribution in [2.75, 3.05) is 6.54 Å². The summed E-state index contributed by atoms with van der Waals surface area (Å²) in [4.78, 5) is 12.6. The number of hydrogen-bond acceptors (Lipinski definition) is 3. The van der Waals surface area contributed by atoms with Crippen LogP contribution < -0.4 is 11.1 Å². The molecule has 2 saturated carbocycles. The van der Waals surface area contributed by atoms with Gasteiger partial charge in [-0.15, -0.1) is 0 Å². The zero-order chi connectivity index (χ0) is 15.6. The fourth-order valence-corrected chi connectivity index (χ4v) is 4.10. The Labute approximate surface area is 128 Å². The van der Waals surface area contributed by atoms with E-state index in [1.165, 1.54) is 6.42 Å². The molecule has 21 heavy (non-hydrogen) atoms. The van der Waals surface area contributed by atoms with Crippen molar-refractivity contribution in [1.29, 1.82) is 0 Å². The fourth-order valence-electron chi connectivity index (χ4n) is 4.10. The maximum absolute atomic E-state index is 12.6. The van der Waals surface area contributed by atoms with Crippen molar-refractivity contribution < 1.29 is 9.90 Å². The third kappa shape index (κ3) is 3.59. The van der Waals surface area contributed by atoms with Crippen molar-refractivity contribution in [2.24, 2.45) is 28.9 Å². The van der Waals surface area contributed by atoms with Gasteiger partial charge in [-0.1, -0.05) is 33.6 Å². The van der Waals surface area contributed by atoms with E-state index in [2.05, 4.69) is 26.1 Å². The number of rotatable bonds is 3. The molecule has 0 aliphatic heterocycles. The molecule has 122 valence electrons. The number of carbonyl (C=O) groups excluding carboxylic acids is 1. The van der Waals surface area contributed by atoms with Crippen LogP contribution in [0.3, 0.4) is 0 Å². The summed E-state index contributed by atoms with van der Waals surface area (Å²) >= 11 is 0. The van der Waals surface area contributed by atoms with Crippen LogP contribution in [0, 0.1) is 23.2 Å². The lowest BCUT2D eigenvalue weighted by Crippen LogP contribution is -2.52. The van der Waals surface area contributed by atoms with E-state index in [-0.39, 0.29) is 35.3 Å². The topological polar surface area (TPSA) is 75.4 Å². The number of aliphatic hydroxyl groups is 1. The Morgan fingerprint density at radius 3 is 2.57 bits per heavy atom. The van der Waals surface area contributed by atoms with E-state index < -0.39 is 0 Å². The number of aliphatic hydroxyl groups excluding tert-OH is 1. The Morgan fingerprint density at radius 1 is 1.24 bits per heavy atom. The number of hydrogen-bond donors (Lipinski definition) is 3. The average Bonchev–Trinajstić information content (AvgIpc) is 2.44. The van der Waals surface area contributed by atoms with Crippen LogP contribution in [-0.4, -0.2) is 29.7 Å². The van der Waals surface area contributed by atoms with E-state index in [9.17, 15) is 9.90 Å². The Hall–Kier alpha value is -0.610. The van der Waals surface area contributed by atoms with Crippen molar-refractivity contribution in [2.45, 2.75) is 71.4 Å². The van der Waals surface area contributed by atoms with Crippen LogP contribution in [0.1, 0.15) is 59.3 Å². The van der Waals surface area contributed by atoms with Crippen LogP contribution in [0.4, 0.5) is 0 Å². The second-order valence-electron chi connectivity index (χ2n) is 7.76. The second kappa shape index (κ2) is 6.66. The van der Waals surface area contributed by atoms with Crippen LogP contribution in [0.2, 0.25) is 0 Å². The molecule has 4 N–H and O–H groups in total. The molecule has 2 rings (SSSR count). The van der Waals surface area contributed by atoms with Gasteiger partial charge in [0.25, 0.3) is 0 Å². The second-order valence-corrected chi connectivity index (χ2v) is 7.76. The van der Waals surface area contributed by atoms with Gasteiger partial charge >= 0.3 is 0 Å². The molecule has 4 nitrogen and oxygen atoms in total. The molecule has 0 aromatic rings. The van der Waals surface area contributed by atoms with Gasteiger partial charge in [-0.25, -0.2) is 0 Å². The maximum atomic E-state index is 12.6. The van der Waals surface area contributed by atoms with Crippen LogP contribution in [0.5, 0.6) is 0 Å². The zero-order valence-electron chi connectivity index (χ0n) is 13.8. The Morgan fingerprint density at radius 2 is 1.90 bits per heavy atom. The molecule has 1 amide bonds. The molecule has 0 aromatic carbocycles. The third-order valence-electron chi connectivity index (χ3n) is 6.23. The van der Waals surface area contributed by atoms with E-state index in [4.69, 9.17) is 5.73 Å². The highest BCUT2D eigenvalue weighted by Gasteiger charge is 2.45. The summed E-state index contributed by atoms with van der Waals surface area (Å²) in [5.74, 6) is 0.765. The predicted octanol–water partition coefficient (Wildman–Crippen LogP) is 2.05. The highest BCUT2D eigenvalue weighted by Crippen LogP contribution is 2.44. The highest BCUT2D eigenvalue weighted by atomic mass is 16.3. The largest absolute Gasteiger partial charge is 0.393 e. The van der Waals surface area contributed by atoms with Crippen LogP contribution in [0.15, 0.2) is 0 Å². The predicted molar refractivity (Wildman–Crippen MR) is 84.6 cm³/mol. The fraction of sp³-hybridized carbons (Fsp3) is 0.941. The molecule has 2 aliphatic carbocycles. The van der Waals surface area contributed by atoms with Gasteiger partial charge in [-0.3, -0.25) is 4.79 Å². The van der Waals surface area contributed by atoms with Gasteiger partial charge in [0.15, 0.2) is 0 Å². The third-order valence-corrected chi connectivity index (χ3v) is 6.23. The smallest absolute Gasteiger partial charge is 0.223 e. The van der Waals surface area contributed by atoms with Crippen molar-refractivity contribution in [3.8, 4) is 0 Å². The molecule has 5 atom stereocenters. The maximum Gasteiger partial charge on any atom is 0.223 e. The van der Waals surface area contributed by atoms with Crippen LogP contribution in [-0.2, 0) is 4.79 Å². The van der Waals surface area contributed by atoms with E-state index in [0.717, 1.165) is 32.1 Å². The number of carbonyl (C=O) groups is 1. The Kier molecular flexibility index (Phi) is 5.31. The lowest BCUT2D eigenvalue weighted by Gasteiger charge is -2.46. The summed E-state index contributed by atoms with van der Waals surface area (Å²) in [6.07, 6.45) is 5.73. The van der Waals surface area contributed by atoms with Gasteiger partial charge in [-0.05, 0) is 37.0 Å². The molecular formula is C17H32N2O2. The molecular weight excluding hydrogens is 264 g/mol. The quantitative estimate of drug-likeness (QED) is 0.746. The van der Waals surface area contributed by atoms with Crippen molar-refractivity contribution in [3.05, 3.63) is 0 Å². The molecule has 4 heteroatoms. The number of nitrogens with one attached hydrogen (secondary N) is 1. The average molecular weight is 296 g/mol. The summed E-state index contributed by atoms with van der Waals surface area (Å²) in [5.41, 5.74) is 6.10. The summed E-state index contributed by atoms with van der Waals surface area (Å²) in [6.45, 7) is 7.11. The summed E-state index contributed by atoms with van der Waals surface area (Å²) in [7, 11) is 0. The molecule has 2 aliphatic rings. The first-order chi connectivity index (χ1) is 9.84. The van der Waals surface area contributed by atoms with E-state index >= 15 is 0 Å². The summed E-state index contributed by atoms with van der Waals surface area (Å²) in [6, 6.07) is 0.198. The van der Waals surface area contributed by atoms with Crippen LogP contribution >= 0.6 is 0 Å². The lowest BCUT2D eigenvalue weighted by molar-refractivity contribution is -0.132. The Bertz CT molecular complexity index is 370. The summed E-state index contributed by atoms with van der Waals surface area (Å²) in [5, 5.41) is 13.1. The normalized spacial score (nSPS) is 39.8. The molecule has 0 heterocycles. The van der Waals surface area contributed by atoms with E-state index in [1.54, 1.807) is 0 Å². The lowest BCUT2D eigenvalue weighted by atomic mass is 9.61. The minimum absolute atomic E-state index is 0.0352. The monoisotopic (exact) mass is 296 g/mol. The molecule has 0 bridgehead atoms.